The van der Waals surface area contributed by atoms with E-state index in [0.717, 1.165) is 0 Å². The monoisotopic (exact) mass is 332 g/mol. The smallest absolute Gasteiger partial charge is 0.343 e. The third kappa shape index (κ3) is 5.60. The Hall–Kier alpha value is -1.76. The first-order valence-electron chi connectivity index (χ1n) is 5.25. The fourth-order valence-corrected chi connectivity index (χ4v) is 1.56. The van der Waals surface area contributed by atoms with E-state index in [9.17, 15) is 9.59 Å². The molecule has 0 saturated heterocycles. The Morgan fingerprint density at radius 2 is 1.37 bits per heavy atom. The summed E-state index contributed by atoms with van der Waals surface area (Å²) in [6.07, 6.45) is 0. The molecule has 6 nitrogen and oxygen atoms in total. The second-order valence-electron chi connectivity index (χ2n) is 3.35. The molecule has 104 valence electrons. The molecule has 1 aromatic carbocycles. The Balaban J connectivity index is 2.65. The molecule has 0 radical (unpaired) electrons. The highest BCUT2D eigenvalue weighted by Gasteiger charge is 2.07. The summed E-state index contributed by atoms with van der Waals surface area (Å²) in [6, 6.07) is 4.87. The van der Waals surface area contributed by atoms with Gasteiger partial charge in [-0.05, 0) is 12.1 Å². The summed E-state index contributed by atoms with van der Waals surface area (Å²) in [7, 11) is 2.55. The molecule has 7 heteroatoms. The first-order valence-corrected chi connectivity index (χ1v) is 6.04. The van der Waals surface area contributed by atoms with E-state index in [2.05, 4.69) is 25.4 Å². The van der Waals surface area contributed by atoms with Crippen molar-refractivity contribution >= 4 is 27.9 Å². The van der Waals surface area contributed by atoms with Gasteiger partial charge in [-0.25, -0.2) is 9.59 Å². The van der Waals surface area contributed by atoms with Crippen molar-refractivity contribution in [3.63, 3.8) is 0 Å². The maximum atomic E-state index is 11.0. The fourth-order valence-electron chi connectivity index (χ4n) is 1.11. The number of benzene rings is 1. The van der Waals surface area contributed by atoms with Gasteiger partial charge in [0.2, 0.25) is 0 Å². The van der Waals surface area contributed by atoms with Crippen LogP contribution in [0, 0.1) is 0 Å². The number of esters is 2. The molecular weight excluding hydrogens is 320 g/mol. The van der Waals surface area contributed by atoms with Gasteiger partial charge in [-0.15, -0.1) is 0 Å². The minimum Gasteiger partial charge on any atom is -0.482 e. The average Bonchev–Trinajstić information content (AvgIpc) is 2.41. The summed E-state index contributed by atoms with van der Waals surface area (Å²) in [5.41, 5.74) is 0. The van der Waals surface area contributed by atoms with Crippen LogP contribution in [0.4, 0.5) is 0 Å². The van der Waals surface area contributed by atoms with Crippen LogP contribution < -0.4 is 9.47 Å². The lowest BCUT2D eigenvalue weighted by Crippen LogP contribution is -2.13. The number of methoxy groups -OCH3 is 2. The van der Waals surface area contributed by atoms with Crippen LogP contribution in [-0.2, 0) is 19.1 Å². The number of carbonyl (C=O) groups is 2. The maximum absolute atomic E-state index is 11.0. The maximum Gasteiger partial charge on any atom is 0.343 e. The summed E-state index contributed by atoms with van der Waals surface area (Å²) < 4.78 is 20.0. The molecule has 19 heavy (non-hydrogen) atoms. The molecule has 0 spiro atoms. The number of hydrogen-bond acceptors (Lipinski definition) is 6. The largest absolute Gasteiger partial charge is 0.482 e. The van der Waals surface area contributed by atoms with E-state index in [4.69, 9.17) is 9.47 Å². The molecule has 0 unspecified atom stereocenters. The first-order chi connectivity index (χ1) is 9.05. The summed E-state index contributed by atoms with van der Waals surface area (Å²) >= 11 is 3.27. The standard InChI is InChI=1S/C12H13BrO6/c1-16-11(14)6-18-9-3-8(13)4-10(5-9)19-7-12(15)17-2/h3-5H,6-7H2,1-2H3. The molecule has 0 amide bonds. The zero-order valence-corrected chi connectivity index (χ0v) is 12.1. The van der Waals surface area contributed by atoms with Crippen LogP contribution in [0.2, 0.25) is 0 Å². The van der Waals surface area contributed by atoms with Crippen LogP contribution in [0.15, 0.2) is 22.7 Å². The van der Waals surface area contributed by atoms with E-state index < -0.39 is 11.9 Å². The quantitative estimate of drug-likeness (QED) is 0.736. The van der Waals surface area contributed by atoms with Gasteiger partial charge in [0, 0.05) is 10.5 Å². The van der Waals surface area contributed by atoms with Crippen molar-refractivity contribution in [2.24, 2.45) is 0 Å². The molecule has 0 bridgehead atoms. The van der Waals surface area contributed by atoms with Crippen LogP contribution in [0.5, 0.6) is 11.5 Å². The number of rotatable bonds is 6. The molecule has 0 N–H and O–H groups in total. The average molecular weight is 333 g/mol. The SMILES string of the molecule is COC(=O)COc1cc(Br)cc(OCC(=O)OC)c1. The van der Waals surface area contributed by atoms with Crippen LogP contribution in [0.25, 0.3) is 0 Å². The number of halogens is 1. The van der Waals surface area contributed by atoms with Crippen molar-refractivity contribution in [1.82, 2.24) is 0 Å². The van der Waals surface area contributed by atoms with Gasteiger partial charge in [0.05, 0.1) is 14.2 Å². The predicted octanol–water partition coefficient (Wildman–Crippen LogP) is 1.55. The Kier molecular flexibility index (Phi) is 6.14. The molecule has 0 aliphatic heterocycles. The van der Waals surface area contributed by atoms with Gasteiger partial charge in [-0.3, -0.25) is 0 Å². The molecule has 0 heterocycles. The van der Waals surface area contributed by atoms with Crippen molar-refractivity contribution < 1.29 is 28.5 Å². The van der Waals surface area contributed by atoms with Gasteiger partial charge >= 0.3 is 11.9 Å². The van der Waals surface area contributed by atoms with Crippen molar-refractivity contribution in [3.05, 3.63) is 22.7 Å². The lowest BCUT2D eigenvalue weighted by atomic mass is 10.3. The first kappa shape index (κ1) is 15.3. The predicted molar refractivity (Wildman–Crippen MR) is 69.2 cm³/mol. The molecule has 0 aliphatic rings. The normalized spacial score (nSPS) is 9.63. The van der Waals surface area contributed by atoms with Gasteiger partial charge in [0.1, 0.15) is 11.5 Å². The van der Waals surface area contributed by atoms with Crippen molar-refractivity contribution in [2.75, 3.05) is 27.4 Å². The van der Waals surface area contributed by atoms with Crippen LogP contribution in [-0.4, -0.2) is 39.4 Å². The zero-order chi connectivity index (χ0) is 14.3. The van der Waals surface area contributed by atoms with E-state index in [1.54, 1.807) is 18.2 Å². The Morgan fingerprint density at radius 3 is 1.74 bits per heavy atom. The Bertz CT molecular complexity index is 421. The van der Waals surface area contributed by atoms with Gasteiger partial charge < -0.3 is 18.9 Å². The van der Waals surface area contributed by atoms with Gasteiger partial charge in [0.15, 0.2) is 13.2 Å². The highest BCUT2D eigenvalue weighted by molar-refractivity contribution is 9.10. The third-order valence-electron chi connectivity index (χ3n) is 2.01. The van der Waals surface area contributed by atoms with Crippen LogP contribution in [0.3, 0.4) is 0 Å². The molecule has 1 aromatic rings. The molecule has 0 aliphatic carbocycles. The molecule has 0 saturated carbocycles. The van der Waals surface area contributed by atoms with E-state index >= 15 is 0 Å². The molecule has 0 fully saturated rings. The van der Waals surface area contributed by atoms with E-state index in [0.29, 0.717) is 16.0 Å². The lowest BCUT2D eigenvalue weighted by molar-refractivity contribution is -0.143. The second kappa shape index (κ2) is 7.63. The minimum atomic E-state index is -0.489. The number of carbonyl (C=O) groups excluding carboxylic acids is 2. The van der Waals surface area contributed by atoms with Crippen molar-refractivity contribution in [2.45, 2.75) is 0 Å². The zero-order valence-electron chi connectivity index (χ0n) is 10.5. The summed E-state index contributed by atoms with van der Waals surface area (Å²) in [4.78, 5) is 21.9. The van der Waals surface area contributed by atoms with Gasteiger partial charge in [0.25, 0.3) is 0 Å². The number of hydrogen-bond donors (Lipinski definition) is 0. The number of ether oxygens (including phenoxy) is 4. The Labute approximate surface area is 118 Å². The highest BCUT2D eigenvalue weighted by Crippen LogP contribution is 2.26. The second-order valence-corrected chi connectivity index (χ2v) is 4.27. The van der Waals surface area contributed by atoms with Crippen LogP contribution in [0.1, 0.15) is 0 Å². The third-order valence-corrected chi connectivity index (χ3v) is 2.47. The summed E-state index contributed by atoms with van der Waals surface area (Å²) in [5.74, 6) is -0.145. The van der Waals surface area contributed by atoms with Crippen molar-refractivity contribution in [3.8, 4) is 11.5 Å². The Morgan fingerprint density at radius 1 is 0.947 bits per heavy atom. The minimum absolute atomic E-state index is 0.205. The van der Waals surface area contributed by atoms with Crippen molar-refractivity contribution in [1.29, 1.82) is 0 Å². The molecule has 0 atom stereocenters. The van der Waals surface area contributed by atoms with Gasteiger partial charge in [-0.1, -0.05) is 15.9 Å². The lowest BCUT2D eigenvalue weighted by Gasteiger charge is -2.09. The van der Waals surface area contributed by atoms with E-state index in [1.165, 1.54) is 14.2 Å². The highest BCUT2D eigenvalue weighted by atomic mass is 79.9. The molecule has 1 rings (SSSR count). The summed E-state index contributed by atoms with van der Waals surface area (Å²) in [6.45, 7) is -0.410. The topological polar surface area (TPSA) is 71.1 Å². The van der Waals surface area contributed by atoms with E-state index in [-0.39, 0.29) is 13.2 Å². The summed E-state index contributed by atoms with van der Waals surface area (Å²) in [5, 5.41) is 0. The molecule has 0 aromatic heterocycles. The molecular formula is C12H13BrO6. The fraction of sp³-hybridized carbons (Fsp3) is 0.333. The van der Waals surface area contributed by atoms with Crippen LogP contribution >= 0.6 is 15.9 Å². The van der Waals surface area contributed by atoms with Gasteiger partial charge in [-0.2, -0.15) is 0 Å². The van der Waals surface area contributed by atoms with E-state index in [1.807, 2.05) is 0 Å².